The lowest BCUT2D eigenvalue weighted by atomic mass is 9.83. The summed E-state index contributed by atoms with van der Waals surface area (Å²) in [5, 5.41) is 11.5. The summed E-state index contributed by atoms with van der Waals surface area (Å²) in [6, 6.07) is 29.0. The lowest BCUT2D eigenvalue weighted by molar-refractivity contribution is 0.122. The fourth-order valence-electron chi connectivity index (χ4n) is 5.21. The molecule has 5 nitrogen and oxygen atoms in total. The molecular formula is C31H29NO4. The Labute approximate surface area is 211 Å². The summed E-state index contributed by atoms with van der Waals surface area (Å²) in [7, 11) is 0. The second kappa shape index (κ2) is 9.69. The highest BCUT2D eigenvalue weighted by Crippen LogP contribution is 2.46. The van der Waals surface area contributed by atoms with Crippen molar-refractivity contribution in [2.45, 2.75) is 5.60 Å². The topological polar surface area (TPSA) is 51.2 Å². The van der Waals surface area contributed by atoms with Crippen LogP contribution in [0.15, 0.2) is 91.0 Å². The van der Waals surface area contributed by atoms with E-state index < -0.39 is 5.60 Å². The van der Waals surface area contributed by atoms with E-state index in [9.17, 15) is 0 Å². The molecule has 0 aliphatic carbocycles. The lowest BCUT2D eigenvalue weighted by Gasteiger charge is -2.38. The molecular weight excluding hydrogens is 450 g/mol. The Morgan fingerprint density at radius 1 is 0.833 bits per heavy atom. The number of morpholine rings is 1. The van der Waals surface area contributed by atoms with Crippen LogP contribution in [0.2, 0.25) is 0 Å². The van der Waals surface area contributed by atoms with Gasteiger partial charge in [-0.3, -0.25) is 0 Å². The molecule has 36 heavy (non-hydrogen) atoms. The first-order valence-corrected chi connectivity index (χ1v) is 12.4. The van der Waals surface area contributed by atoms with Crippen LogP contribution in [0.3, 0.4) is 0 Å². The third-order valence-electron chi connectivity index (χ3n) is 6.98. The first-order valence-electron chi connectivity index (χ1n) is 12.4. The van der Waals surface area contributed by atoms with Crippen molar-refractivity contribution in [2.24, 2.45) is 0 Å². The zero-order valence-corrected chi connectivity index (χ0v) is 20.1. The fourth-order valence-corrected chi connectivity index (χ4v) is 5.21. The van der Waals surface area contributed by atoms with Crippen molar-refractivity contribution in [2.75, 3.05) is 44.4 Å². The summed E-state index contributed by atoms with van der Waals surface area (Å²) in [6.45, 7) is 3.42. The van der Waals surface area contributed by atoms with E-state index in [1.54, 1.807) is 0 Å². The highest BCUT2D eigenvalue weighted by Gasteiger charge is 2.38. The number of hydrogen-bond acceptors (Lipinski definition) is 5. The van der Waals surface area contributed by atoms with Crippen molar-refractivity contribution in [1.82, 2.24) is 0 Å². The Morgan fingerprint density at radius 2 is 1.53 bits per heavy atom. The van der Waals surface area contributed by atoms with Gasteiger partial charge in [0.1, 0.15) is 18.1 Å². The van der Waals surface area contributed by atoms with Gasteiger partial charge in [-0.25, -0.2) is 0 Å². The van der Waals surface area contributed by atoms with Crippen molar-refractivity contribution in [3.63, 3.8) is 0 Å². The Balaban J connectivity index is 1.49. The minimum absolute atomic E-state index is 0.0161. The zero-order valence-electron chi connectivity index (χ0n) is 20.1. The maximum absolute atomic E-state index is 9.10. The van der Waals surface area contributed by atoms with Crippen LogP contribution in [-0.2, 0) is 10.3 Å². The maximum atomic E-state index is 9.10. The van der Waals surface area contributed by atoms with Crippen molar-refractivity contribution in [3.8, 4) is 11.5 Å². The van der Waals surface area contributed by atoms with Gasteiger partial charge in [-0.2, -0.15) is 0 Å². The minimum atomic E-state index is -0.783. The van der Waals surface area contributed by atoms with Crippen LogP contribution in [0.4, 0.5) is 5.69 Å². The van der Waals surface area contributed by atoms with E-state index in [0.717, 1.165) is 54.5 Å². The standard InChI is InChI=1S/C31H29NO4/c33-18-21-35-25-12-10-24(11-13-25)31(23-6-2-1-3-7-23)15-14-28-26-8-4-5-9-27(26)29(22-30(28)36-31)32-16-19-34-20-17-32/h1-15,22,33H,16-21H2. The SMILES string of the molecule is OCCOc1ccc(C2(c3ccccc3)C=Cc3c(cc(N4CCOCC4)c4ccccc34)O2)cc1. The molecule has 0 saturated carbocycles. The molecule has 0 radical (unpaired) electrons. The number of aliphatic hydroxyl groups is 1. The molecule has 6 rings (SSSR count). The second-order valence-electron chi connectivity index (χ2n) is 9.09. The van der Waals surface area contributed by atoms with Crippen molar-refractivity contribution in [1.29, 1.82) is 0 Å². The summed E-state index contributed by atoms with van der Waals surface area (Å²) in [5.41, 5.74) is 3.55. The molecule has 1 saturated heterocycles. The van der Waals surface area contributed by atoms with Crippen LogP contribution in [0, 0.1) is 0 Å². The van der Waals surface area contributed by atoms with Crippen molar-refractivity contribution >= 4 is 22.5 Å². The maximum Gasteiger partial charge on any atom is 0.178 e. The van der Waals surface area contributed by atoms with Gasteiger partial charge in [0, 0.05) is 46.9 Å². The number of fused-ring (bicyclic) bond motifs is 3. The van der Waals surface area contributed by atoms with Crippen molar-refractivity contribution in [3.05, 3.63) is 108 Å². The third-order valence-corrected chi connectivity index (χ3v) is 6.98. The summed E-state index contributed by atoms with van der Waals surface area (Å²) in [5.74, 6) is 1.58. The number of nitrogens with zero attached hydrogens (tertiary/aromatic N) is 1. The van der Waals surface area contributed by atoms with Gasteiger partial charge in [0.25, 0.3) is 0 Å². The smallest absolute Gasteiger partial charge is 0.178 e. The first-order chi connectivity index (χ1) is 17.8. The molecule has 182 valence electrons. The number of ether oxygens (including phenoxy) is 3. The van der Waals surface area contributed by atoms with Gasteiger partial charge in [0.15, 0.2) is 5.60 Å². The Bertz CT molecular complexity index is 1380. The van der Waals surface area contributed by atoms with Crippen LogP contribution in [0.1, 0.15) is 16.7 Å². The normalized spacial score (nSPS) is 19.1. The van der Waals surface area contributed by atoms with Gasteiger partial charge in [0.05, 0.1) is 19.8 Å². The summed E-state index contributed by atoms with van der Waals surface area (Å²) in [6.07, 6.45) is 4.36. The third kappa shape index (κ3) is 4.00. The van der Waals surface area contributed by atoms with Crippen LogP contribution in [0.25, 0.3) is 16.8 Å². The predicted molar refractivity (Wildman–Crippen MR) is 143 cm³/mol. The van der Waals surface area contributed by atoms with E-state index in [2.05, 4.69) is 59.5 Å². The Hall–Kier alpha value is -3.80. The molecule has 2 aliphatic rings. The molecule has 5 heteroatoms. The van der Waals surface area contributed by atoms with E-state index >= 15 is 0 Å². The molecule has 0 amide bonds. The number of hydrogen-bond donors (Lipinski definition) is 1. The molecule has 1 atom stereocenters. The van der Waals surface area contributed by atoms with E-state index in [0.29, 0.717) is 0 Å². The molecule has 2 aliphatic heterocycles. The zero-order chi connectivity index (χ0) is 24.4. The van der Waals surface area contributed by atoms with E-state index in [4.69, 9.17) is 19.3 Å². The average molecular weight is 480 g/mol. The number of anilines is 1. The quantitative estimate of drug-likeness (QED) is 0.402. The highest BCUT2D eigenvalue weighted by molar-refractivity contribution is 6.02. The monoisotopic (exact) mass is 479 g/mol. The molecule has 1 N–H and O–H groups in total. The van der Waals surface area contributed by atoms with Gasteiger partial charge >= 0.3 is 0 Å². The molecule has 0 aromatic heterocycles. The van der Waals surface area contributed by atoms with Gasteiger partial charge in [-0.15, -0.1) is 0 Å². The first kappa shape index (κ1) is 22.7. The molecule has 0 spiro atoms. The summed E-state index contributed by atoms with van der Waals surface area (Å²) < 4.78 is 18.2. The lowest BCUT2D eigenvalue weighted by Crippen LogP contribution is -2.37. The van der Waals surface area contributed by atoms with Crippen LogP contribution < -0.4 is 14.4 Å². The Morgan fingerprint density at radius 3 is 2.28 bits per heavy atom. The predicted octanol–water partition coefficient (Wildman–Crippen LogP) is 5.40. The summed E-state index contributed by atoms with van der Waals surface area (Å²) >= 11 is 0. The van der Waals surface area contributed by atoms with E-state index in [1.165, 1.54) is 16.5 Å². The number of benzene rings is 4. The van der Waals surface area contributed by atoms with Gasteiger partial charge in [-0.1, -0.05) is 66.7 Å². The summed E-state index contributed by atoms with van der Waals surface area (Å²) in [4.78, 5) is 2.39. The van der Waals surface area contributed by atoms with Crippen molar-refractivity contribution < 1.29 is 19.3 Å². The Kier molecular flexibility index (Phi) is 6.09. The van der Waals surface area contributed by atoms with Crippen LogP contribution >= 0.6 is 0 Å². The van der Waals surface area contributed by atoms with Gasteiger partial charge < -0.3 is 24.2 Å². The average Bonchev–Trinajstić information content (AvgIpc) is 2.96. The largest absolute Gasteiger partial charge is 0.491 e. The molecule has 1 unspecified atom stereocenters. The minimum Gasteiger partial charge on any atom is -0.491 e. The van der Waals surface area contributed by atoms with Crippen LogP contribution in [-0.4, -0.2) is 44.6 Å². The number of rotatable bonds is 6. The van der Waals surface area contributed by atoms with Gasteiger partial charge in [0.2, 0.25) is 0 Å². The van der Waals surface area contributed by atoms with E-state index in [1.807, 2.05) is 42.5 Å². The fraction of sp³-hybridized carbons (Fsp3) is 0.226. The number of aliphatic hydroxyl groups excluding tert-OH is 1. The second-order valence-corrected chi connectivity index (χ2v) is 9.09. The molecule has 4 aromatic carbocycles. The van der Waals surface area contributed by atoms with Crippen LogP contribution in [0.5, 0.6) is 11.5 Å². The molecule has 4 aromatic rings. The van der Waals surface area contributed by atoms with Gasteiger partial charge in [-0.05, 0) is 29.7 Å². The highest BCUT2D eigenvalue weighted by atomic mass is 16.5. The molecule has 0 bridgehead atoms. The molecule has 1 fully saturated rings. The van der Waals surface area contributed by atoms with E-state index in [-0.39, 0.29) is 13.2 Å². The molecule has 2 heterocycles.